The van der Waals surface area contributed by atoms with E-state index in [0.29, 0.717) is 5.92 Å². The number of nitrogen functional groups attached to an aromatic ring is 1. The molecular formula is C15H20N2O. The van der Waals surface area contributed by atoms with Gasteiger partial charge in [-0.3, -0.25) is 4.79 Å². The van der Waals surface area contributed by atoms with Crippen molar-refractivity contribution in [3.8, 4) is 0 Å². The molecule has 1 aromatic rings. The number of fused-ring (bicyclic) bond motifs is 1. The molecule has 3 heteroatoms. The predicted octanol–water partition coefficient (Wildman–Crippen LogP) is 3.16. The van der Waals surface area contributed by atoms with Gasteiger partial charge in [0, 0.05) is 11.3 Å². The quantitative estimate of drug-likeness (QED) is 0.745. The fourth-order valence-electron chi connectivity index (χ4n) is 3.34. The highest BCUT2D eigenvalue weighted by atomic mass is 16.2. The van der Waals surface area contributed by atoms with E-state index in [0.717, 1.165) is 16.9 Å². The highest BCUT2D eigenvalue weighted by Crippen LogP contribution is 2.47. The maximum absolute atomic E-state index is 12.1. The molecule has 1 aromatic carbocycles. The van der Waals surface area contributed by atoms with E-state index in [1.807, 2.05) is 26.0 Å². The number of carbonyl (C=O) groups excluding carboxylic acids is 1. The van der Waals surface area contributed by atoms with Crippen molar-refractivity contribution in [3.05, 3.63) is 23.3 Å². The minimum absolute atomic E-state index is 0.0855. The Morgan fingerprint density at radius 1 is 1.28 bits per heavy atom. The van der Waals surface area contributed by atoms with Crippen molar-refractivity contribution in [2.45, 2.75) is 50.9 Å². The van der Waals surface area contributed by atoms with Gasteiger partial charge >= 0.3 is 0 Å². The number of nitrogens with two attached hydrogens (primary N) is 1. The summed E-state index contributed by atoms with van der Waals surface area (Å²) in [7, 11) is 0. The van der Waals surface area contributed by atoms with Gasteiger partial charge in [0.05, 0.1) is 11.1 Å². The Kier molecular flexibility index (Phi) is 2.40. The predicted molar refractivity (Wildman–Crippen MR) is 73.7 cm³/mol. The fourth-order valence-corrected chi connectivity index (χ4v) is 3.34. The van der Waals surface area contributed by atoms with Crippen molar-refractivity contribution in [1.82, 2.24) is 0 Å². The largest absolute Gasteiger partial charge is 0.398 e. The molecule has 0 aromatic heterocycles. The summed E-state index contributed by atoms with van der Waals surface area (Å²) < 4.78 is 0. The molecule has 1 heterocycles. The summed E-state index contributed by atoms with van der Waals surface area (Å²) in [5.74, 6) is 0.608. The Morgan fingerprint density at radius 2 is 1.94 bits per heavy atom. The van der Waals surface area contributed by atoms with Crippen LogP contribution in [-0.2, 0) is 10.2 Å². The van der Waals surface area contributed by atoms with Gasteiger partial charge in [0.2, 0.25) is 5.91 Å². The number of anilines is 2. The molecule has 1 fully saturated rings. The van der Waals surface area contributed by atoms with Gasteiger partial charge in [-0.2, -0.15) is 0 Å². The zero-order valence-electron chi connectivity index (χ0n) is 11.0. The molecule has 0 unspecified atom stereocenters. The molecule has 0 saturated heterocycles. The molecule has 3 nitrogen and oxygen atoms in total. The Balaban J connectivity index is 2.16. The highest BCUT2D eigenvalue weighted by molar-refractivity contribution is 6.07. The van der Waals surface area contributed by atoms with Gasteiger partial charge < -0.3 is 11.1 Å². The van der Waals surface area contributed by atoms with Crippen LogP contribution in [0.15, 0.2) is 12.1 Å². The van der Waals surface area contributed by atoms with Crippen molar-refractivity contribution in [2.24, 2.45) is 0 Å². The molecule has 0 atom stereocenters. The lowest BCUT2D eigenvalue weighted by Gasteiger charge is -2.19. The van der Waals surface area contributed by atoms with E-state index in [4.69, 9.17) is 5.73 Å². The van der Waals surface area contributed by atoms with Gasteiger partial charge in [-0.05, 0) is 44.2 Å². The lowest BCUT2D eigenvalue weighted by Crippen LogP contribution is -2.26. The maximum Gasteiger partial charge on any atom is 0.234 e. The van der Waals surface area contributed by atoms with E-state index in [-0.39, 0.29) is 5.91 Å². The lowest BCUT2D eigenvalue weighted by atomic mass is 9.83. The van der Waals surface area contributed by atoms with Crippen molar-refractivity contribution < 1.29 is 4.79 Å². The van der Waals surface area contributed by atoms with Crippen LogP contribution in [0, 0.1) is 0 Å². The Morgan fingerprint density at radius 3 is 2.61 bits per heavy atom. The lowest BCUT2D eigenvalue weighted by molar-refractivity contribution is -0.119. The van der Waals surface area contributed by atoms with Gasteiger partial charge in [-0.25, -0.2) is 0 Å². The Hall–Kier alpha value is -1.51. The van der Waals surface area contributed by atoms with E-state index in [2.05, 4.69) is 5.32 Å². The van der Waals surface area contributed by atoms with Gasteiger partial charge in [-0.15, -0.1) is 0 Å². The van der Waals surface area contributed by atoms with Gasteiger partial charge in [0.25, 0.3) is 0 Å². The topological polar surface area (TPSA) is 55.1 Å². The first-order chi connectivity index (χ1) is 8.51. The number of rotatable bonds is 1. The van der Waals surface area contributed by atoms with Crippen LogP contribution in [0.3, 0.4) is 0 Å². The van der Waals surface area contributed by atoms with Crippen molar-refractivity contribution in [1.29, 1.82) is 0 Å². The molecular weight excluding hydrogens is 224 g/mol. The molecule has 1 aliphatic heterocycles. The number of carbonyl (C=O) groups is 1. The summed E-state index contributed by atoms with van der Waals surface area (Å²) in [5, 5.41) is 3.06. The summed E-state index contributed by atoms with van der Waals surface area (Å²) in [6.07, 6.45) is 4.92. The molecule has 1 aliphatic carbocycles. The monoisotopic (exact) mass is 244 g/mol. The van der Waals surface area contributed by atoms with Crippen LogP contribution in [0.2, 0.25) is 0 Å². The standard InChI is InChI=1S/C15H20N2O/c1-15(2)10-7-8-11(16)12(9-5-3-4-6-9)13(10)17-14(15)18/h7-9H,3-6,16H2,1-2H3,(H,17,18). The molecule has 3 N–H and O–H groups in total. The third-order valence-electron chi connectivity index (χ3n) is 4.52. The van der Waals surface area contributed by atoms with E-state index in [9.17, 15) is 4.79 Å². The highest BCUT2D eigenvalue weighted by Gasteiger charge is 2.41. The molecule has 0 spiro atoms. The second-order valence-electron chi connectivity index (χ2n) is 6.05. The van der Waals surface area contributed by atoms with E-state index < -0.39 is 5.41 Å². The van der Waals surface area contributed by atoms with Crippen LogP contribution in [0.5, 0.6) is 0 Å². The number of amides is 1. The number of nitrogens with one attached hydrogen (secondary N) is 1. The Bertz CT molecular complexity index is 513. The van der Waals surface area contributed by atoms with E-state index >= 15 is 0 Å². The summed E-state index contributed by atoms with van der Waals surface area (Å²) >= 11 is 0. The van der Waals surface area contributed by atoms with Crippen LogP contribution in [0.25, 0.3) is 0 Å². The molecule has 0 bridgehead atoms. The first-order valence-electron chi connectivity index (χ1n) is 6.76. The third kappa shape index (κ3) is 1.46. The van der Waals surface area contributed by atoms with Gasteiger partial charge in [0.15, 0.2) is 0 Å². The zero-order chi connectivity index (χ0) is 12.9. The molecule has 0 radical (unpaired) electrons. The smallest absolute Gasteiger partial charge is 0.234 e. The van der Waals surface area contributed by atoms with Crippen molar-refractivity contribution in [3.63, 3.8) is 0 Å². The van der Waals surface area contributed by atoms with E-state index in [1.54, 1.807) is 0 Å². The average molecular weight is 244 g/mol. The minimum Gasteiger partial charge on any atom is -0.398 e. The number of benzene rings is 1. The van der Waals surface area contributed by atoms with Crippen LogP contribution in [0.4, 0.5) is 11.4 Å². The second kappa shape index (κ2) is 3.74. The summed E-state index contributed by atoms with van der Waals surface area (Å²) in [6.45, 7) is 3.95. The van der Waals surface area contributed by atoms with Gasteiger partial charge in [-0.1, -0.05) is 18.9 Å². The average Bonchev–Trinajstić information content (AvgIpc) is 2.88. The van der Waals surface area contributed by atoms with Crippen LogP contribution >= 0.6 is 0 Å². The number of hydrogen-bond donors (Lipinski definition) is 2. The first kappa shape index (κ1) is 11.6. The van der Waals surface area contributed by atoms with Crippen LogP contribution < -0.4 is 11.1 Å². The first-order valence-corrected chi connectivity index (χ1v) is 6.76. The summed E-state index contributed by atoms with van der Waals surface area (Å²) in [5.41, 5.74) is 9.84. The normalized spacial score (nSPS) is 22.0. The van der Waals surface area contributed by atoms with Crippen molar-refractivity contribution in [2.75, 3.05) is 11.1 Å². The zero-order valence-corrected chi connectivity index (χ0v) is 11.0. The molecule has 18 heavy (non-hydrogen) atoms. The van der Waals surface area contributed by atoms with Crippen LogP contribution in [-0.4, -0.2) is 5.91 Å². The fraction of sp³-hybridized carbons (Fsp3) is 0.533. The second-order valence-corrected chi connectivity index (χ2v) is 6.05. The minimum atomic E-state index is -0.434. The third-order valence-corrected chi connectivity index (χ3v) is 4.52. The Labute approximate surface area is 108 Å². The number of hydrogen-bond acceptors (Lipinski definition) is 2. The molecule has 2 aliphatic rings. The molecule has 1 amide bonds. The van der Waals surface area contributed by atoms with Gasteiger partial charge in [0.1, 0.15) is 0 Å². The van der Waals surface area contributed by atoms with Crippen molar-refractivity contribution >= 4 is 17.3 Å². The SMILES string of the molecule is CC1(C)C(=O)Nc2c1ccc(N)c2C1CCCC1. The molecule has 96 valence electrons. The molecule has 3 rings (SSSR count). The maximum atomic E-state index is 12.1. The van der Waals surface area contributed by atoms with Crippen LogP contribution in [0.1, 0.15) is 56.6 Å². The van der Waals surface area contributed by atoms with E-state index in [1.165, 1.54) is 31.2 Å². The summed E-state index contributed by atoms with van der Waals surface area (Å²) in [4.78, 5) is 12.1. The summed E-state index contributed by atoms with van der Waals surface area (Å²) in [6, 6.07) is 3.97. The molecule has 1 saturated carbocycles.